The molecule has 0 saturated carbocycles. The number of halogens is 1. The largest absolute Gasteiger partial charge is 0.298 e. The molecule has 1 aromatic carbocycles. The minimum absolute atomic E-state index is 0.125. The van der Waals surface area contributed by atoms with Gasteiger partial charge in [0.2, 0.25) is 0 Å². The van der Waals surface area contributed by atoms with Crippen LogP contribution in [0.25, 0.3) is 0 Å². The Bertz CT molecular complexity index is 421. The molecule has 0 aromatic heterocycles. The van der Waals surface area contributed by atoms with E-state index in [1.54, 1.807) is 12.1 Å². The average molecular weight is 248 g/mol. The average Bonchev–Trinajstić information content (AvgIpc) is 2.76. The van der Waals surface area contributed by atoms with Gasteiger partial charge in [0.25, 0.3) is 0 Å². The highest BCUT2D eigenvalue weighted by Crippen LogP contribution is 2.25. The lowest BCUT2D eigenvalue weighted by Gasteiger charge is -2.42. The minimum atomic E-state index is -0.125. The third-order valence-electron chi connectivity index (χ3n) is 4.34. The zero-order valence-electron chi connectivity index (χ0n) is 11.0. The van der Waals surface area contributed by atoms with Gasteiger partial charge in [-0.25, -0.2) is 4.39 Å². The summed E-state index contributed by atoms with van der Waals surface area (Å²) in [7, 11) is 0. The zero-order chi connectivity index (χ0) is 12.5. The molecule has 2 aliphatic heterocycles. The lowest BCUT2D eigenvalue weighted by molar-refractivity contribution is 0.0540. The number of hydrogen-bond donors (Lipinski definition) is 0. The second kappa shape index (κ2) is 4.98. The van der Waals surface area contributed by atoms with E-state index in [4.69, 9.17) is 0 Å². The number of rotatable bonds is 2. The Morgan fingerprint density at radius 1 is 1.33 bits per heavy atom. The Balaban J connectivity index is 1.68. The summed E-state index contributed by atoms with van der Waals surface area (Å²) in [5.74, 6) is -0.125. The Morgan fingerprint density at radius 2 is 2.22 bits per heavy atom. The third kappa shape index (κ3) is 2.43. The predicted octanol–water partition coefficient (Wildman–Crippen LogP) is 2.49. The van der Waals surface area contributed by atoms with Gasteiger partial charge in [-0.3, -0.25) is 9.80 Å². The molecule has 3 rings (SSSR count). The van der Waals surface area contributed by atoms with Crippen LogP contribution in [-0.4, -0.2) is 41.5 Å². The standard InChI is InChI=1S/C15H21FN2/c1-12-9-17-7-3-6-15(17)11-18(12)10-13-4-2-5-14(16)8-13/h2,4-5,8,12,15H,3,6-7,9-11H2,1H3. The molecule has 0 aliphatic carbocycles. The van der Waals surface area contributed by atoms with Crippen LogP contribution in [0.2, 0.25) is 0 Å². The number of fused-ring (bicyclic) bond motifs is 1. The molecule has 0 amide bonds. The van der Waals surface area contributed by atoms with Crippen molar-refractivity contribution < 1.29 is 4.39 Å². The van der Waals surface area contributed by atoms with Gasteiger partial charge in [0.15, 0.2) is 0 Å². The summed E-state index contributed by atoms with van der Waals surface area (Å²) < 4.78 is 13.2. The highest BCUT2D eigenvalue weighted by atomic mass is 19.1. The Kier molecular flexibility index (Phi) is 3.35. The molecule has 2 aliphatic rings. The van der Waals surface area contributed by atoms with Crippen LogP contribution in [0.5, 0.6) is 0 Å². The van der Waals surface area contributed by atoms with Gasteiger partial charge in [0.05, 0.1) is 0 Å². The summed E-state index contributed by atoms with van der Waals surface area (Å²) in [6.45, 7) is 6.73. The van der Waals surface area contributed by atoms with Gasteiger partial charge in [-0.2, -0.15) is 0 Å². The number of hydrogen-bond acceptors (Lipinski definition) is 2. The molecule has 2 heterocycles. The molecule has 2 nitrogen and oxygen atoms in total. The SMILES string of the molecule is CC1CN2CCCC2CN1Cc1cccc(F)c1. The predicted molar refractivity (Wildman–Crippen MR) is 70.9 cm³/mol. The van der Waals surface area contributed by atoms with E-state index in [2.05, 4.69) is 16.7 Å². The first-order valence-electron chi connectivity index (χ1n) is 6.95. The molecule has 18 heavy (non-hydrogen) atoms. The third-order valence-corrected chi connectivity index (χ3v) is 4.34. The molecule has 1 aromatic rings. The summed E-state index contributed by atoms with van der Waals surface area (Å²) in [5.41, 5.74) is 1.09. The number of piperazine rings is 1. The maximum atomic E-state index is 13.2. The zero-order valence-corrected chi connectivity index (χ0v) is 11.0. The summed E-state index contributed by atoms with van der Waals surface area (Å²) in [6, 6.07) is 8.31. The number of benzene rings is 1. The van der Waals surface area contributed by atoms with E-state index in [9.17, 15) is 4.39 Å². The molecule has 0 N–H and O–H groups in total. The smallest absolute Gasteiger partial charge is 0.123 e. The first-order chi connectivity index (χ1) is 8.72. The van der Waals surface area contributed by atoms with Crippen molar-refractivity contribution in [2.24, 2.45) is 0 Å². The van der Waals surface area contributed by atoms with Gasteiger partial charge in [-0.05, 0) is 44.0 Å². The van der Waals surface area contributed by atoms with Gasteiger partial charge in [0, 0.05) is 31.7 Å². The van der Waals surface area contributed by atoms with Crippen molar-refractivity contribution in [3.05, 3.63) is 35.6 Å². The van der Waals surface area contributed by atoms with E-state index >= 15 is 0 Å². The molecule has 0 radical (unpaired) electrons. The van der Waals surface area contributed by atoms with Crippen molar-refractivity contribution in [2.75, 3.05) is 19.6 Å². The van der Waals surface area contributed by atoms with Gasteiger partial charge in [-0.15, -0.1) is 0 Å². The Labute approximate surface area is 108 Å². The van der Waals surface area contributed by atoms with Crippen LogP contribution in [0.15, 0.2) is 24.3 Å². The van der Waals surface area contributed by atoms with E-state index in [0.717, 1.165) is 24.7 Å². The molecule has 0 bridgehead atoms. The normalized spacial score (nSPS) is 29.4. The molecule has 2 fully saturated rings. The van der Waals surface area contributed by atoms with Crippen molar-refractivity contribution in [2.45, 2.75) is 38.4 Å². The summed E-state index contributed by atoms with van der Waals surface area (Å²) in [5, 5.41) is 0. The first-order valence-corrected chi connectivity index (χ1v) is 6.95. The maximum absolute atomic E-state index is 13.2. The molecule has 2 unspecified atom stereocenters. The fourth-order valence-electron chi connectivity index (χ4n) is 3.34. The second-order valence-electron chi connectivity index (χ2n) is 5.70. The maximum Gasteiger partial charge on any atom is 0.123 e. The van der Waals surface area contributed by atoms with Gasteiger partial charge in [-0.1, -0.05) is 12.1 Å². The Hall–Kier alpha value is -0.930. The quantitative estimate of drug-likeness (QED) is 0.793. The summed E-state index contributed by atoms with van der Waals surface area (Å²) in [6.07, 6.45) is 2.66. The summed E-state index contributed by atoms with van der Waals surface area (Å²) >= 11 is 0. The van der Waals surface area contributed by atoms with Crippen LogP contribution in [0.4, 0.5) is 4.39 Å². The lowest BCUT2D eigenvalue weighted by Crippen LogP contribution is -2.54. The fourth-order valence-corrected chi connectivity index (χ4v) is 3.34. The van der Waals surface area contributed by atoms with Crippen molar-refractivity contribution in [3.63, 3.8) is 0 Å². The van der Waals surface area contributed by atoms with Gasteiger partial charge >= 0.3 is 0 Å². The summed E-state index contributed by atoms with van der Waals surface area (Å²) in [4.78, 5) is 5.12. The highest BCUT2D eigenvalue weighted by molar-refractivity contribution is 5.16. The van der Waals surface area contributed by atoms with Crippen LogP contribution in [0.3, 0.4) is 0 Å². The molecule has 3 heteroatoms. The highest BCUT2D eigenvalue weighted by Gasteiger charge is 2.34. The monoisotopic (exact) mass is 248 g/mol. The van der Waals surface area contributed by atoms with Crippen LogP contribution < -0.4 is 0 Å². The van der Waals surface area contributed by atoms with Crippen molar-refractivity contribution in [3.8, 4) is 0 Å². The van der Waals surface area contributed by atoms with Crippen LogP contribution in [0, 0.1) is 5.82 Å². The second-order valence-corrected chi connectivity index (χ2v) is 5.70. The number of nitrogens with zero attached hydrogens (tertiary/aromatic N) is 2. The molecule has 0 spiro atoms. The topological polar surface area (TPSA) is 6.48 Å². The van der Waals surface area contributed by atoms with Crippen molar-refractivity contribution >= 4 is 0 Å². The minimum Gasteiger partial charge on any atom is -0.298 e. The van der Waals surface area contributed by atoms with Gasteiger partial charge < -0.3 is 0 Å². The molecule has 98 valence electrons. The van der Waals surface area contributed by atoms with Crippen LogP contribution in [-0.2, 0) is 6.54 Å². The van der Waals surface area contributed by atoms with Crippen molar-refractivity contribution in [1.29, 1.82) is 0 Å². The molecule has 2 atom stereocenters. The van der Waals surface area contributed by atoms with E-state index in [0.29, 0.717) is 6.04 Å². The molecular weight excluding hydrogens is 227 g/mol. The van der Waals surface area contributed by atoms with Crippen molar-refractivity contribution in [1.82, 2.24) is 9.80 Å². The Morgan fingerprint density at radius 3 is 3.06 bits per heavy atom. The van der Waals surface area contributed by atoms with E-state index in [1.165, 1.54) is 32.0 Å². The van der Waals surface area contributed by atoms with E-state index < -0.39 is 0 Å². The van der Waals surface area contributed by atoms with Gasteiger partial charge in [0.1, 0.15) is 5.82 Å². The molecule has 2 saturated heterocycles. The molecular formula is C15H21FN2. The van der Waals surface area contributed by atoms with Crippen LogP contribution >= 0.6 is 0 Å². The lowest BCUT2D eigenvalue weighted by atomic mass is 10.1. The first kappa shape index (κ1) is 12.1. The van der Waals surface area contributed by atoms with E-state index in [-0.39, 0.29) is 5.82 Å². The van der Waals surface area contributed by atoms with Crippen LogP contribution in [0.1, 0.15) is 25.3 Å². The van der Waals surface area contributed by atoms with E-state index in [1.807, 2.05) is 6.07 Å². The fraction of sp³-hybridized carbons (Fsp3) is 0.600.